The zero-order valence-electron chi connectivity index (χ0n) is 11.4. The van der Waals surface area contributed by atoms with Crippen LogP contribution in [0.2, 0.25) is 0 Å². The molecule has 2 aromatic carbocycles. The van der Waals surface area contributed by atoms with Gasteiger partial charge >= 0.3 is 0 Å². The molecule has 0 radical (unpaired) electrons. The van der Waals surface area contributed by atoms with Gasteiger partial charge in [0.1, 0.15) is 5.82 Å². The average molecular weight is 268 g/mol. The molecule has 1 unspecified atom stereocenters. The van der Waals surface area contributed by atoms with Crippen molar-refractivity contribution in [3.63, 3.8) is 0 Å². The predicted octanol–water partition coefficient (Wildman–Crippen LogP) is 3.94. The van der Waals surface area contributed by atoms with Crippen LogP contribution in [0.1, 0.15) is 36.1 Å². The van der Waals surface area contributed by atoms with Crippen LogP contribution in [0.5, 0.6) is 0 Å². The Morgan fingerprint density at radius 3 is 2.45 bits per heavy atom. The first-order chi connectivity index (χ1) is 9.74. The number of nitriles is 1. The van der Waals surface area contributed by atoms with Gasteiger partial charge in [0, 0.05) is 18.2 Å². The van der Waals surface area contributed by atoms with Crippen molar-refractivity contribution in [1.82, 2.24) is 5.32 Å². The maximum atomic E-state index is 13.8. The van der Waals surface area contributed by atoms with Crippen LogP contribution in [0.15, 0.2) is 48.5 Å². The van der Waals surface area contributed by atoms with E-state index in [-0.39, 0.29) is 11.9 Å². The summed E-state index contributed by atoms with van der Waals surface area (Å²) in [5.74, 6) is -0.174. The van der Waals surface area contributed by atoms with Gasteiger partial charge in [-0.25, -0.2) is 4.39 Å². The summed E-state index contributed by atoms with van der Waals surface area (Å²) >= 11 is 0. The maximum Gasteiger partial charge on any atom is 0.127 e. The molecule has 0 aromatic heterocycles. The first-order valence-electron chi connectivity index (χ1n) is 6.71. The monoisotopic (exact) mass is 268 g/mol. The van der Waals surface area contributed by atoms with Crippen LogP contribution < -0.4 is 5.32 Å². The quantitative estimate of drug-likeness (QED) is 0.891. The fourth-order valence-electron chi connectivity index (χ4n) is 2.17. The molecular formula is C17H17FN2. The Hall–Kier alpha value is -2.18. The van der Waals surface area contributed by atoms with Crippen LogP contribution >= 0.6 is 0 Å². The van der Waals surface area contributed by atoms with Gasteiger partial charge < -0.3 is 5.32 Å². The van der Waals surface area contributed by atoms with Crippen molar-refractivity contribution in [3.8, 4) is 6.07 Å². The lowest BCUT2D eigenvalue weighted by Gasteiger charge is -2.18. The molecule has 3 heteroatoms. The molecule has 0 spiro atoms. The highest BCUT2D eigenvalue weighted by Crippen LogP contribution is 2.20. The van der Waals surface area contributed by atoms with Gasteiger partial charge in [0.25, 0.3) is 0 Å². The largest absolute Gasteiger partial charge is 0.306 e. The van der Waals surface area contributed by atoms with E-state index >= 15 is 0 Å². The standard InChI is InChI=1S/C17H17FN2/c1-2-17(15-5-3-4-6-16(15)18)20-12-14-9-7-13(11-19)8-10-14/h3-10,17,20H,2,12H2,1H3. The lowest BCUT2D eigenvalue weighted by molar-refractivity contribution is 0.488. The molecule has 102 valence electrons. The van der Waals surface area contributed by atoms with Gasteiger partial charge in [0.15, 0.2) is 0 Å². The number of benzene rings is 2. The molecule has 1 N–H and O–H groups in total. The zero-order chi connectivity index (χ0) is 14.4. The maximum absolute atomic E-state index is 13.8. The molecule has 0 fully saturated rings. The third kappa shape index (κ3) is 3.43. The molecule has 0 aliphatic carbocycles. The summed E-state index contributed by atoms with van der Waals surface area (Å²) in [6, 6.07) is 16.4. The predicted molar refractivity (Wildman–Crippen MR) is 77.4 cm³/mol. The van der Waals surface area contributed by atoms with E-state index in [0.29, 0.717) is 17.7 Å². The van der Waals surface area contributed by atoms with Crippen LogP contribution in [-0.4, -0.2) is 0 Å². The minimum atomic E-state index is -0.174. The van der Waals surface area contributed by atoms with Crippen molar-refractivity contribution in [3.05, 3.63) is 71.0 Å². The molecule has 0 saturated heterocycles. The molecule has 0 bridgehead atoms. The van der Waals surface area contributed by atoms with Gasteiger partial charge in [-0.05, 0) is 30.2 Å². The molecule has 2 rings (SSSR count). The minimum Gasteiger partial charge on any atom is -0.306 e. The lowest BCUT2D eigenvalue weighted by atomic mass is 10.0. The third-order valence-electron chi connectivity index (χ3n) is 3.32. The van der Waals surface area contributed by atoms with Gasteiger partial charge in [0.05, 0.1) is 11.6 Å². The van der Waals surface area contributed by atoms with E-state index in [9.17, 15) is 4.39 Å². The smallest absolute Gasteiger partial charge is 0.127 e. The summed E-state index contributed by atoms with van der Waals surface area (Å²) in [7, 11) is 0. The average Bonchev–Trinajstić information content (AvgIpc) is 2.50. The molecule has 0 heterocycles. The number of hydrogen-bond donors (Lipinski definition) is 1. The van der Waals surface area contributed by atoms with E-state index in [1.807, 2.05) is 31.2 Å². The molecule has 20 heavy (non-hydrogen) atoms. The first kappa shape index (κ1) is 14.2. The topological polar surface area (TPSA) is 35.8 Å². The summed E-state index contributed by atoms with van der Waals surface area (Å²) in [6.07, 6.45) is 0.817. The Labute approximate surface area is 118 Å². The summed E-state index contributed by atoms with van der Waals surface area (Å²) in [6.45, 7) is 2.68. The number of halogens is 1. The molecule has 2 aromatic rings. The lowest BCUT2D eigenvalue weighted by Crippen LogP contribution is -2.21. The van der Waals surface area contributed by atoms with Gasteiger partial charge in [0.2, 0.25) is 0 Å². The first-order valence-corrected chi connectivity index (χ1v) is 6.71. The number of hydrogen-bond acceptors (Lipinski definition) is 2. The van der Waals surface area contributed by atoms with Crippen LogP contribution in [0.3, 0.4) is 0 Å². The summed E-state index contributed by atoms with van der Waals surface area (Å²) in [5, 5.41) is 12.1. The third-order valence-corrected chi connectivity index (χ3v) is 3.32. The van der Waals surface area contributed by atoms with Crippen LogP contribution in [0, 0.1) is 17.1 Å². The second kappa shape index (κ2) is 6.83. The van der Waals surface area contributed by atoms with Crippen LogP contribution in [0.25, 0.3) is 0 Å². The van der Waals surface area contributed by atoms with E-state index in [2.05, 4.69) is 11.4 Å². The summed E-state index contributed by atoms with van der Waals surface area (Å²) in [5.41, 5.74) is 2.43. The van der Waals surface area contributed by atoms with E-state index < -0.39 is 0 Å². The highest BCUT2D eigenvalue weighted by molar-refractivity contribution is 5.31. The Kier molecular flexibility index (Phi) is 4.86. The van der Waals surface area contributed by atoms with Gasteiger partial charge in [-0.3, -0.25) is 0 Å². The van der Waals surface area contributed by atoms with Gasteiger partial charge in [-0.15, -0.1) is 0 Å². The van der Waals surface area contributed by atoms with Crippen molar-refractivity contribution in [2.45, 2.75) is 25.9 Å². The molecule has 0 aliphatic rings. The molecule has 0 aliphatic heterocycles. The summed E-state index contributed by atoms with van der Waals surface area (Å²) in [4.78, 5) is 0. The fourth-order valence-corrected chi connectivity index (χ4v) is 2.17. The van der Waals surface area contributed by atoms with Crippen molar-refractivity contribution in [2.75, 3.05) is 0 Å². The number of rotatable bonds is 5. The van der Waals surface area contributed by atoms with Crippen molar-refractivity contribution < 1.29 is 4.39 Å². The number of nitrogens with one attached hydrogen (secondary N) is 1. The SMILES string of the molecule is CCC(NCc1ccc(C#N)cc1)c1ccccc1F. The van der Waals surface area contributed by atoms with E-state index in [4.69, 9.17) is 5.26 Å². The second-order valence-corrected chi connectivity index (χ2v) is 4.67. The van der Waals surface area contributed by atoms with E-state index in [1.165, 1.54) is 6.07 Å². The summed E-state index contributed by atoms with van der Waals surface area (Å²) < 4.78 is 13.8. The highest BCUT2D eigenvalue weighted by Gasteiger charge is 2.12. The van der Waals surface area contributed by atoms with Crippen molar-refractivity contribution >= 4 is 0 Å². The van der Waals surface area contributed by atoms with E-state index in [1.54, 1.807) is 18.2 Å². The molecule has 1 atom stereocenters. The van der Waals surface area contributed by atoms with Gasteiger partial charge in [-0.1, -0.05) is 37.3 Å². The fraction of sp³-hybridized carbons (Fsp3) is 0.235. The molecule has 0 saturated carbocycles. The minimum absolute atomic E-state index is 0.00755. The van der Waals surface area contributed by atoms with Crippen molar-refractivity contribution in [1.29, 1.82) is 5.26 Å². The van der Waals surface area contributed by atoms with Gasteiger partial charge in [-0.2, -0.15) is 5.26 Å². The Balaban J connectivity index is 2.04. The van der Waals surface area contributed by atoms with E-state index in [0.717, 1.165) is 12.0 Å². The normalized spacial score (nSPS) is 11.8. The van der Waals surface area contributed by atoms with Crippen LogP contribution in [-0.2, 0) is 6.54 Å². The van der Waals surface area contributed by atoms with Crippen molar-refractivity contribution in [2.24, 2.45) is 0 Å². The molecule has 2 nitrogen and oxygen atoms in total. The highest BCUT2D eigenvalue weighted by atomic mass is 19.1. The number of nitrogens with zero attached hydrogens (tertiary/aromatic N) is 1. The Bertz CT molecular complexity index is 599. The molecular weight excluding hydrogens is 251 g/mol. The second-order valence-electron chi connectivity index (χ2n) is 4.67. The van der Waals surface area contributed by atoms with Crippen LogP contribution in [0.4, 0.5) is 4.39 Å². The molecule has 0 amide bonds. The zero-order valence-corrected chi connectivity index (χ0v) is 11.4. The Morgan fingerprint density at radius 1 is 1.15 bits per heavy atom. The Morgan fingerprint density at radius 2 is 1.85 bits per heavy atom.